The number of hydrogen-bond donors (Lipinski definition) is 2. The first kappa shape index (κ1) is 9.16. The number of nitrogens with two attached hydrogens (primary N) is 1. The molecule has 0 saturated heterocycles. The minimum Gasteiger partial charge on any atom is -0.394 e. The van der Waals surface area contributed by atoms with Crippen LogP contribution >= 0.6 is 0 Å². The highest BCUT2D eigenvalue weighted by molar-refractivity contribution is 5.27. The van der Waals surface area contributed by atoms with E-state index >= 15 is 0 Å². The summed E-state index contributed by atoms with van der Waals surface area (Å²) in [5.74, 6) is -0.320. The lowest BCUT2D eigenvalue weighted by Crippen LogP contribution is -2.16. The topological polar surface area (TPSA) is 46.2 Å². The Morgan fingerprint density at radius 3 is 2.83 bits per heavy atom. The zero-order valence-corrected chi connectivity index (χ0v) is 6.92. The van der Waals surface area contributed by atoms with Crippen molar-refractivity contribution in [2.24, 2.45) is 5.73 Å². The van der Waals surface area contributed by atoms with Crippen molar-refractivity contribution in [3.8, 4) is 0 Å². The molecule has 0 fully saturated rings. The van der Waals surface area contributed by atoms with Gasteiger partial charge in [-0.2, -0.15) is 0 Å². The van der Waals surface area contributed by atoms with Gasteiger partial charge in [0.15, 0.2) is 0 Å². The smallest absolute Gasteiger partial charge is 0.130 e. The maximum Gasteiger partial charge on any atom is 0.130 e. The average Bonchev–Trinajstić information content (AvgIpc) is 2.08. The van der Waals surface area contributed by atoms with E-state index in [9.17, 15) is 4.39 Å². The number of aliphatic hydroxyl groups excluding tert-OH is 1. The Labute approximate surface area is 70.8 Å². The largest absolute Gasteiger partial charge is 0.394 e. The Bertz CT molecular complexity index is 275. The van der Waals surface area contributed by atoms with E-state index in [-0.39, 0.29) is 12.4 Å². The molecule has 1 aromatic carbocycles. The molecule has 0 amide bonds. The quantitative estimate of drug-likeness (QED) is 0.697. The van der Waals surface area contributed by atoms with E-state index in [0.717, 1.165) is 0 Å². The highest BCUT2D eigenvalue weighted by atomic mass is 19.1. The lowest BCUT2D eigenvalue weighted by atomic mass is 10.0. The van der Waals surface area contributed by atoms with E-state index in [1.54, 1.807) is 25.1 Å². The Morgan fingerprint density at radius 1 is 1.58 bits per heavy atom. The summed E-state index contributed by atoms with van der Waals surface area (Å²) in [7, 11) is 0. The highest BCUT2D eigenvalue weighted by Crippen LogP contribution is 2.17. The van der Waals surface area contributed by atoms with Crippen molar-refractivity contribution in [3.63, 3.8) is 0 Å². The summed E-state index contributed by atoms with van der Waals surface area (Å²) < 4.78 is 13.2. The van der Waals surface area contributed by atoms with Gasteiger partial charge >= 0.3 is 0 Å². The van der Waals surface area contributed by atoms with Crippen molar-refractivity contribution >= 4 is 0 Å². The second-order valence-corrected chi connectivity index (χ2v) is 2.77. The third-order valence-corrected chi connectivity index (χ3v) is 1.82. The van der Waals surface area contributed by atoms with Gasteiger partial charge < -0.3 is 10.8 Å². The molecule has 0 aliphatic rings. The first-order chi connectivity index (χ1) is 5.66. The van der Waals surface area contributed by atoms with Gasteiger partial charge in [-0.15, -0.1) is 0 Å². The van der Waals surface area contributed by atoms with Crippen LogP contribution in [0.5, 0.6) is 0 Å². The summed E-state index contributed by atoms with van der Waals surface area (Å²) in [6, 6.07) is 4.36. The van der Waals surface area contributed by atoms with Gasteiger partial charge in [-0.05, 0) is 12.5 Å². The molecule has 0 aromatic heterocycles. The van der Waals surface area contributed by atoms with Gasteiger partial charge in [0, 0.05) is 5.56 Å². The molecular formula is C9H12FNO. The number of aliphatic hydroxyl groups is 1. The van der Waals surface area contributed by atoms with Crippen molar-refractivity contribution in [1.29, 1.82) is 0 Å². The summed E-state index contributed by atoms with van der Waals surface area (Å²) >= 11 is 0. The fourth-order valence-corrected chi connectivity index (χ4v) is 1.05. The average molecular weight is 169 g/mol. The molecule has 0 bridgehead atoms. The molecule has 0 heterocycles. The summed E-state index contributed by atoms with van der Waals surface area (Å²) in [5, 5.41) is 8.71. The molecule has 0 aliphatic heterocycles. The van der Waals surface area contributed by atoms with E-state index in [1.807, 2.05) is 0 Å². The van der Waals surface area contributed by atoms with Crippen LogP contribution in [0.25, 0.3) is 0 Å². The molecule has 0 saturated carbocycles. The van der Waals surface area contributed by atoms with Crippen molar-refractivity contribution in [3.05, 3.63) is 35.1 Å². The normalized spacial score (nSPS) is 13.0. The van der Waals surface area contributed by atoms with Crippen LogP contribution in [0.15, 0.2) is 18.2 Å². The number of rotatable bonds is 2. The minimum atomic E-state index is -0.620. The Kier molecular flexibility index (Phi) is 2.78. The molecule has 1 atom stereocenters. The minimum absolute atomic E-state index is 0.236. The molecule has 3 N–H and O–H groups in total. The third-order valence-electron chi connectivity index (χ3n) is 1.82. The van der Waals surface area contributed by atoms with Crippen LogP contribution in [0.2, 0.25) is 0 Å². The Balaban J connectivity index is 3.07. The van der Waals surface area contributed by atoms with E-state index < -0.39 is 6.04 Å². The first-order valence-corrected chi connectivity index (χ1v) is 3.78. The number of aryl methyl sites for hydroxylation is 1. The number of hydrogen-bond acceptors (Lipinski definition) is 2. The number of halogens is 1. The maximum absolute atomic E-state index is 13.2. The SMILES string of the molecule is Cc1cccc(C(N)CO)c1F. The van der Waals surface area contributed by atoms with Crippen LogP contribution < -0.4 is 5.73 Å². The second kappa shape index (κ2) is 3.65. The van der Waals surface area contributed by atoms with E-state index in [2.05, 4.69) is 0 Å². The lowest BCUT2D eigenvalue weighted by Gasteiger charge is -2.10. The molecule has 1 rings (SSSR count). The molecule has 2 nitrogen and oxygen atoms in total. The van der Waals surface area contributed by atoms with Crippen molar-refractivity contribution < 1.29 is 9.50 Å². The van der Waals surface area contributed by atoms with Crippen LogP contribution in [0.1, 0.15) is 17.2 Å². The van der Waals surface area contributed by atoms with Crippen LogP contribution in [0, 0.1) is 12.7 Å². The zero-order chi connectivity index (χ0) is 9.14. The first-order valence-electron chi connectivity index (χ1n) is 3.78. The predicted octanol–water partition coefficient (Wildman–Crippen LogP) is 1.13. The fourth-order valence-electron chi connectivity index (χ4n) is 1.05. The van der Waals surface area contributed by atoms with Crippen molar-refractivity contribution in [2.75, 3.05) is 6.61 Å². The summed E-state index contributed by atoms with van der Waals surface area (Å²) in [6.45, 7) is 1.43. The second-order valence-electron chi connectivity index (χ2n) is 2.77. The summed E-state index contributed by atoms with van der Waals surface area (Å²) in [6.07, 6.45) is 0. The molecule has 1 aromatic rings. The third kappa shape index (κ3) is 1.62. The standard InChI is InChI=1S/C9H12FNO/c1-6-3-2-4-7(9(6)10)8(11)5-12/h2-4,8,12H,5,11H2,1H3. The summed E-state index contributed by atoms with van der Waals surface area (Å²) in [4.78, 5) is 0. The molecular weight excluding hydrogens is 157 g/mol. The van der Waals surface area contributed by atoms with Crippen molar-refractivity contribution in [1.82, 2.24) is 0 Å². The number of benzene rings is 1. The van der Waals surface area contributed by atoms with Gasteiger partial charge in [0.2, 0.25) is 0 Å². The van der Waals surface area contributed by atoms with Crippen LogP contribution in [-0.2, 0) is 0 Å². The highest BCUT2D eigenvalue weighted by Gasteiger charge is 2.10. The van der Waals surface area contributed by atoms with Crippen LogP contribution in [-0.4, -0.2) is 11.7 Å². The van der Waals surface area contributed by atoms with Gasteiger partial charge in [0.1, 0.15) is 5.82 Å². The van der Waals surface area contributed by atoms with Gasteiger partial charge in [-0.3, -0.25) is 0 Å². The molecule has 66 valence electrons. The molecule has 1 unspecified atom stereocenters. The van der Waals surface area contributed by atoms with Gasteiger partial charge in [-0.25, -0.2) is 4.39 Å². The van der Waals surface area contributed by atoms with Crippen molar-refractivity contribution in [2.45, 2.75) is 13.0 Å². The maximum atomic E-state index is 13.2. The van der Waals surface area contributed by atoms with Crippen LogP contribution in [0.3, 0.4) is 0 Å². The Morgan fingerprint density at radius 2 is 2.25 bits per heavy atom. The van der Waals surface area contributed by atoms with Crippen LogP contribution in [0.4, 0.5) is 4.39 Å². The fraction of sp³-hybridized carbons (Fsp3) is 0.333. The molecule has 0 aliphatic carbocycles. The lowest BCUT2D eigenvalue weighted by molar-refractivity contribution is 0.265. The van der Waals surface area contributed by atoms with Gasteiger partial charge in [0.05, 0.1) is 12.6 Å². The van der Waals surface area contributed by atoms with Gasteiger partial charge in [-0.1, -0.05) is 18.2 Å². The van der Waals surface area contributed by atoms with Gasteiger partial charge in [0.25, 0.3) is 0 Å². The monoisotopic (exact) mass is 169 g/mol. The predicted molar refractivity (Wildman–Crippen MR) is 45.2 cm³/mol. The van der Waals surface area contributed by atoms with E-state index in [0.29, 0.717) is 11.1 Å². The molecule has 0 radical (unpaired) electrons. The molecule has 0 spiro atoms. The molecule has 3 heteroatoms. The summed E-state index contributed by atoms with van der Waals surface area (Å²) in [5.41, 5.74) is 6.40. The van der Waals surface area contributed by atoms with E-state index in [1.165, 1.54) is 0 Å². The Hall–Kier alpha value is -0.930. The zero-order valence-electron chi connectivity index (χ0n) is 6.92. The molecule has 12 heavy (non-hydrogen) atoms. The van der Waals surface area contributed by atoms with E-state index in [4.69, 9.17) is 10.8 Å².